The number of para-hydroxylation sites is 2. The molecule has 4 bridgehead atoms. The molecule has 1 aromatic heterocycles. The second kappa shape index (κ2) is 8.70. The van der Waals surface area contributed by atoms with Crippen LogP contribution in [0.4, 0.5) is 5.82 Å². The van der Waals surface area contributed by atoms with Crippen LogP contribution < -0.4 is 16.6 Å². The summed E-state index contributed by atoms with van der Waals surface area (Å²) in [6.45, 7) is 0. The first-order chi connectivity index (χ1) is 14.7. The Labute approximate surface area is 179 Å². The normalized spacial score (nSPS) is 32.9. The summed E-state index contributed by atoms with van der Waals surface area (Å²) in [6, 6.07) is 9.07. The van der Waals surface area contributed by atoms with Crippen LogP contribution in [-0.2, 0) is 0 Å². The van der Waals surface area contributed by atoms with Gasteiger partial charge in [-0.3, -0.25) is 4.79 Å². The van der Waals surface area contributed by atoms with Gasteiger partial charge in [-0.15, -0.1) is 0 Å². The Kier molecular flexibility index (Phi) is 5.81. The minimum Gasteiger partial charge on any atom is -0.379 e. The number of nitrogen functional groups attached to an aromatic ring is 1. The molecule has 1 aromatic carbocycles. The average molecular weight is 409 g/mol. The van der Waals surface area contributed by atoms with Crippen LogP contribution in [0, 0.1) is 11.8 Å². The first-order valence-electron chi connectivity index (χ1n) is 12.2. The molecule has 3 N–H and O–H groups in total. The number of anilines is 1. The predicted molar refractivity (Wildman–Crippen MR) is 123 cm³/mol. The maximum absolute atomic E-state index is 12.6. The van der Waals surface area contributed by atoms with Crippen LogP contribution in [-0.4, -0.2) is 21.6 Å². The van der Waals surface area contributed by atoms with Gasteiger partial charge >= 0.3 is 0 Å². The molecular weight excluding hydrogens is 372 g/mol. The molecule has 4 fully saturated rings. The Balaban J connectivity index is 0.000000178. The van der Waals surface area contributed by atoms with Crippen LogP contribution in [0.15, 0.2) is 29.1 Å². The van der Waals surface area contributed by atoms with E-state index >= 15 is 0 Å². The van der Waals surface area contributed by atoms with Gasteiger partial charge in [-0.25, -0.2) is 4.98 Å². The molecule has 30 heavy (non-hydrogen) atoms. The van der Waals surface area contributed by atoms with Crippen molar-refractivity contribution in [2.75, 3.05) is 5.73 Å². The smallest absolute Gasteiger partial charge is 0.293 e. The van der Waals surface area contributed by atoms with E-state index in [-0.39, 0.29) is 17.4 Å². The molecule has 2 saturated carbocycles. The van der Waals surface area contributed by atoms with Crippen molar-refractivity contribution in [3.63, 3.8) is 0 Å². The van der Waals surface area contributed by atoms with Gasteiger partial charge in [-0.1, -0.05) is 57.1 Å². The molecule has 162 valence electrons. The van der Waals surface area contributed by atoms with E-state index in [4.69, 9.17) is 5.73 Å². The number of piperidine rings is 2. The molecule has 5 nitrogen and oxygen atoms in total. The first kappa shape index (κ1) is 20.0. The van der Waals surface area contributed by atoms with E-state index in [0.29, 0.717) is 12.1 Å². The molecule has 2 aromatic rings. The maximum atomic E-state index is 12.6. The molecule has 0 spiro atoms. The number of nitrogens with two attached hydrogens (primary N) is 1. The number of hydrogen-bond acceptors (Lipinski definition) is 4. The lowest BCUT2D eigenvalue weighted by Gasteiger charge is -2.41. The van der Waals surface area contributed by atoms with E-state index in [0.717, 1.165) is 35.7 Å². The fraction of sp³-hybridized carbons (Fsp3) is 0.680. The van der Waals surface area contributed by atoms with Crippen molar-refractivity contribution in [1.82, 2.24) is 14.9 Å². The molecule has 4 aliphatic rings. The number of nitrogens with one attached hydrogen (secondary N) is 1. The fourth-order valence-electron chi connectivity index (χ4n) is 6.60. The fourth-order valence-corrected chi connectivity index (χ4v) is 6.60. The van der Waals surface area contributed by atoms with Gasteiger partial charge in [0.25, 0.3) is 5.56 Å². The van der Waals surface area contributed by atoms with Crippen LogP contribution >= 0.6 is 0 Å². The Morgan fingerprint density at radius 1 is 0.867 bits per heavy atom. The lowest BCUT2D eigenvalue weighted by molar-refractivity contribution is 0.189. The van der Waals surface area contributed by atoms with Crippen LogP contribution in [0.1, 0.15) is 83.1 Å². The zero-order chi connectivity index (χ0) is 20.5. The van der Waals surface area contributed by atoms with Gasteiger partial charge in [-0.05, 0) is 56.1 Å². The summed E-state index contributed by atoms with van der Waals surface area (Å²) in [5.41, 5.74) is 7.42. The van der Waals surface area contributed by atoms with Crippen molar-refractivity contribution in [3.05, 3.63) is 34.6 Å². The molecule has 2 aliphatic heterocycles. The van der Waals surface area contributed by atoms with Crippen molar-refractivity contribution in [1.29, 1.82) is 0 Å². The number of fused-ring (bicyclic) bond motifs is 5. The van der Waals surface area contributed by atoms with E-state index in [1.165, 1.54) is 32.1 Å². The van der Waals surface area contributed by atoms with Crippen molar-refractivity contribution >= 4 is 16.9 Å². The van der Waals surface area contributed by atoms with Gasteiger partial charge in [0.2, 0.25) is 0 Å². The monoisotopic (exact) mass is 408 g/mol. The number of rotatable bonds is 1. The molecule has 5 heteroatoms. The third kappa shape index (κ3) is 4.14. The third-order valence-electron chi connectivity index (χ3n) is 7.99. The van der Waals surface area contributed by atoms with E-state index in [1.807, 2.05) is 28.8 Å². The van der Waals surface area contributed by atoms with Crippen molar-refractivity contribution in [2.24, 2.45) is 11.8 Å². The summed E-state index contributed by atoms with van der Waals surface area (Å²) < 4.78 is 1.89. The summed E-state index contributed by atoms with van der Waals surface area (Å²) in [4.78, 5) is 16.8. The average Bonchev–Trinajstić information content (AvgIpc) is 2.75. The van der Waals surface area contributed by atoms with Crippen LogP contribution in [0.5, 0.6) is 0 Å². The van der Waals surface area contributed by atoms with E-state index in [1.54, 1.807) is 32.1 Å². The summed E-state index contributed by atoms with van der Waals surface area (Å²) in [5, 5.41) is 3.67. The summed E-state index contributed by atoms with van der Waals surface area (Å²) in [6.07, 6.45) is 16.6. The van der Waals surface area contributed by atoms with E-state index in [9.17, 15) is 4.79 Å². The highest BCUT2D eigenvalue weighted by molar-refractivity contribution is 5.76. The SMILES string of the molecule is C1CC2CCCC(C1)C2.Nc1nc2ccccc2n(C2CC3CCCC(C2)N3)c1=O. The largest absolute Gasteiger partial charge is 0.379 e. The van der Waals surface area contributed by atoms with E-state index in [2.05, 4.69) is 10.3 Å². The van der Waals surface area contributed by atoms with Crippen LogP contribution in [0.2, 0.25) is 0 Å². The zero-order valence-corrected chi connectivity index (χ0v) is 18.1. The van der Waals surface area contributed by atoms with Gasteiger partial charge in [0.15, 0.2) is 5.82 Å². The van der Waals surface area contributed by atoms with Crippen molar-refractivity contribution in [2.45, 2.75) is 95.2 Å². The van der Waals surface area contributed by atoms with Crippen LogP contribution in [0.3, 0.4) is 0 Å². The lowest BCUT2D eigenvalue weighted by Crippen LogP contribution is -2.50. The maximum Gasteiger partial charge on any atom is 0.293 e. The summed E-state index contributed by atoms with van der Waals surface area (Å²) in [7, 11) is 0. The molecule has 0 amide bonds. The minimum atomic E-state index is -0.140. The molecule has 2 aliphatic carbocycles. The minimum absolute atomic E-state index is 0.109. The number of aromatic nitrogens is 2. The third-order valence-corrected chi connectivity index (χ3v) is 7.99. The molecule has 2 atom stereocenters. The zero-order valence-electron chi connectivity index (χ0n) is 18.1. The quantitative estimate of drug-likeness (QED) is 0.711. The predicted octanol–water partition coefficient (Wildman–Crippen LogP) is 4.80. The topological polar surface area (TPSA) is 72.9 Å². The van der Waals surface area contributed by atoms with Gasteiger partial charge in [-0.2, -0.15) is 0 Å². The highest BCUT2D eigenvalue weighted by atomic mass is 16.1. The molecule has 2 unspecified atom stereocenters. The second-order valence-corrected chi connectivity index (χ2v) is 10.1. The summed E-state index contributed by atoms with van der Waals surface area (Å²) >= 11 is 0. The Hall–Kier alpha value is -1.88. The number of nitrogens with zero attached hydrogens (tertiary/aromatic N) is 2. The molecule has 2 saturated heterocycles. The molecule has 3 heterocycles. The lowest BCUT2D eigenvalue weighted by atomic mass is 9.72. The molecule has 6 rings (SSSR count). The van der Waals surface area contributed by atoms with Gasteiger partial charge in [0.1, 0.15) is 0 Å². The van der Waals surface area contributed by atoms with Gasteiger partial charge < -0.3 is 15.6 Å². The number of hydrogen-bond donors (Lipinski definition) is 2. The summed E-state index contributed by atoms with van der Waals surface area (Å²) in [5.74, 6) is 2.41. The molecule has 0 radical (unpaired) electrons. The Bertz CT molecular complexity index is 906. The Morgan fingerprint density at radius 3 is 2.10 bits per heavy atom. The van der Waals surface area contributed by atoms with Gasteiger partial charge in [0.05, 0.1) is 11.0 Å². The van der Waals surface area contributed by atoms with Crippen LogP contribution in [0.25, 0.3) is 11.0 Å². The van der Waals surface area contributed by atoms with Crippen molar-refractivity contribution < 1.29 is 0 Å². The molecular formula is C25H36N4O. The highest BCUT2D eigenvalue weighted by Gasteiger charge is 2.33. The first-order valence-corrected chi connectivity index (χ1v) is 12.2. The standard InChI is InChI=1S/C16H20N4O.C9H16/c17-15-16(21)20(14-7-2-1-6-13(14)19-15)12-8-10-4-3-5-11(9-12)18-10;1-3-8-5-2-6-9(4-1)7-8/h1-2,6-7,10-12,18H,3-5,8-9H2,(H2,17,19);8-9H,1-7H2. The Morgan fingerprint density at radius 2 is 1.47 bits per heavy atom. The van der Waals surface area contributed by atoms with E-state index < -0.39 is 0 Å². The highest BCUT2D eigenvalue weighted by Crippen LogP contribution is 2.39. The van der Waals surface area contributed by atoms with Gasteiger partial charge in [0, 0.05) is 18.1 Å². The second-order valence-electron chi connectivity index (χ2n) is 10.1. The van der Waals surface area contributed by atoms with Crippen molar-refractivity contribution in [3.8, 4) is 0 Å². The number of benzene rings is 1.